The van der Waals surface area contributed by atoms with E-state index >= 15 is 0 Å². The van der Waals surface area contributed by atoms with Crippen LogP contribution in [0, 0.1) is 5.82 Å². The molecule has 0 fully saturated rings. The second kappa shape index (κ2) is 6.65. The van der Waals surface area contributed by atoms with Gasteiger partial charge < -0.3 is 9.15 Å². The molecule has 3 N–H and O–H groups in total. The van der Waals surface area contributed by atoms with Gasteiger partial charge in [-0.1, -0.05) is 6.92 Å². The quantitative estimate of drug-likeness (QED) is 0.459. The second-order valence-electron chi connectivity index (χ2n) is 4.45. The normalized spacial score (nSPS) is 13.0. The zero-order valence-electron chi connectivity index (χ0n) is 11.0. The van der Waals surface area contributed by atoms with Gasteiger partial charge in [-0.05, 0) is 37.1 Å². The topological polar surface area (TPSA) is 60.4 Å². The first kappa shape index (κ1) is 14.0. The Morgan fingerprint density at radius 3 is 2.95 bits per heavy atom. The molecule has 1 atom stereocenters. The molecule has 19 heavy (non-hydrogen) atoms. The van der Waals surface area contributed by atoms with Crippen LogP contribution in [0.3, 0.4) is 0 Å². The Morgan fingerprint density at radius 1 is 1.37 bits per heavy atom. The third kappa shape index (κ3) is 3.53. The van der Waals surface area contributed by atoms with Crippen molar-refractivity contribution in [3.05, 3.63) is 35.8 Å². The molecule has 104 valence electrons. The van der Waals surface area contributed by atoms with Crippen LogP contribution < -0.4 is 11.3 Å². The summed E-state index contributed by atoms with van der Waals surface area (Å²) in [5.41, 5.74) is 3.36. The summed E-state index contributed by atoms with van der Waals surface area (Å²) in [5, 5.41) is 0.740. The van der Waals surface area contributed by atoms with Crippen LogP contribution >= 0.6 is 0 Å². The Balaban J connectivity index is 2.07. The van der Waals surface area contributed by atoms with E-state index in [0.29, 0.717) is 24.4 Å². The SMILES string of the molecule is CCCOCCC(NN)c1cc2cc(F)ccc2o1. The predicted molar refractivity (Wildman–Crippen MR) is 72.0 cm³/mol. The maximum absolute atomic E-state index is 13.1. The highest BCUT2D eigenvalue weighted by Gasteiger charge is 2.15. The highest BCUT2D eigenvalue weighted by molar-refractivity contribution is 5.78. The largest absolute Gasteiger partial charge is 0.459 e. The fourth-order valence-electron chi connectivity index (χ4n) is 1.96. The monoisotopic (exact) mass is 266 g/mol. The van der Waals surface area contributed by atoms with Crippen molar-refractivity contribution < 1.29 is 13.5 Å². The van der Waals surface area contributed by atoms with Crippen molar-refractivity contribution >= 4 is 11.0 Å². The average Bonchev–Trinajstić information content (AvgIpc) is 2.81. The van der Waals surface area contributed by atoms with Crippen molar-refractivity contribution in [2.75, 3.05) is 13.2 Å². The Kier molecular flexibility index (Phi) is 4.90. The van der Waals surface area contributed by atoms with Crippen LogP contribution in [0.15, 0.2) is 28.7 Å². The molecule has 0 aliphatic carbocycles. The van der Waals surface area contributed by atoms with Gasteiger partial charge in [0.25, 0.3) is 0 Å². The van der Waals surface area contributed by atoms with Crippen molar-refractivity contribution in [3.8, 4) is 0 Å². The van der Waals surface area contributed by atoms with Crippen LogP contribution in [0.4, 0.5) is 4.39 Å². The van der Waals surface area contributed by atoms with E-state index in [4.69, 9.17) is 15.0 Å². The first-order valence-electron chi connectivity index (χ1n) is 6.47. The molecule has 1 unspecified atom stereocenters. The summed E-state index contributed by atoms with van der Waals surface area (Å²) < 4.78 is 24.2. The fraction of sp³-hybridized carbons (Fsp3) is 0.429. The molecule has 4 nitrogen and oxygen atoms in total. The lowest BCUT2D eigenvalue weighted by atomic mass is 10.1. The summed E-state index contributed by atoms with van der Waals surface area (Å²) in [6.07, 6.45) is 1.70. The molecule has 1 aromatic heterocycles. The third-order valence-electron chi connectivity index (χ3n) is 2.94. The van der Waals surface area contributed by atoms with Crippen molar-refractivity contribution in [2.24, 2.45) is 5.84 Å². The molecule has 0 bridgehead atoms. The number of halogens is 1. The molecule has 0 aliphatic heterocycles. The number of nitrogens with one attached hydrogen (secondary N) is 1. The van der Waals surface area contributed by atoms with Gasteiger partial charge in [0.15, 0.2) is 0 Å². The maximum Gasteiger partial charge on any atom is 0.134 e. The number of hydrogen-bond donors (Lipinski definition) is 2. The van der Waals surface area contributed by atoms with Gasteiger partial charge in [-0.25, -0.2) is 9.82 Å². The molecule has 0 saturated carbocycles. The zero-order chi connectivity index (χ0) is 13.7. The highest BCUT2D eigenvalue weighted by atomic mass is 19.1. The Hall–Kier alpha value is -1.43. The standard InChI is InChI=1S/C14H19FN2O2/c1-2-6-18-7-5-12(17-16)14-9-10-8-11(15)3-4-13(10)19-14/h3-4,8-9,12,17H,2,5-7,16H2,1H3. The smallest absolute Gasteiger partial charge is 0.134 e. The molecule has 5 heteroatoms. The summed E-state index contributed by atoms with van der Waals surface area (Å²) in [7, 11) is 0. The molecule has 2 rings (SSSR count). The van der Waals surface area contributed by atoms with E-state index < -0.39 is 0 Å². The minimum atomic E-state index is -0.275. The molecule has 0 amide bonds. The van der Waals surface area contributed by atoms with E-state index in [1.165, 1.54) is 12.1 Å². The van der Waals surface area contributed by atoms with E-state index in [0.717, 1.165) is 18.4 Å². The fourth-order valence-corrected chi connectivity index (χ4v) is 1.96. The maximum atomic E-state index is 13.1. The molecule has 0 saturated heterocycles. The van der Waals surface area contributed by atoms with E-state index in [1.807, 2.05) is 6.07 Å². The van der Waals surface area contributed by atoms with Gasteiger partial charge in [-0.15, -0.1) is 0 Å². The van der Waals surface area contributed by atoms with E-state index in [1.54, 1.807) is 6.07 Å². The molecular formula is C14H19FN2O2. The molecule has 1 heterocycles. The Bertz CT molecular complexity index is 527. The second-order valence-corrected chi connectivity index (χ2v) is 4.45. The number of hydrazine groups is 1. The highest BCUT2D eigenvalue weighted by Crippen LogP contribution is 2.26. The Morgan fingerprint density at radius 2 is 2.21 bits per heavy atom. The van der Waals surface area contributed by atoms with Crippen molar-refractivity contribution in [2.45, 2.75) is 25.8 Å². The molecule has 0 aliphatic rings. The van der Waals surface area contributed by atoms with Crippen LogP contribution in [0.2, 0.25) is 0 Å². The van der Waals surface area contributed by atoms with Gasteiger partial charge in [0.2, 0.25) is 0 Å². The van der Waals surface area contributed by atoms with Gasteiger partial charge >= 0.3 is 0 Å². The minimum Gasteiger partial charge on any atom is -0.459 e. The summed E-state index contributed by atoms with van der Waals surface area (Å²) in [4.78, 5) is 0. The average molecular weight is 266 g/mol. The van der Waals surface area contributed by atoms with Crippen LogP contribution in [-0.2, 0) is 4.74 Å². The summed E-state index contributed by atoms with van der Waals surface area (Å²) in [5.74, 6) is 5.95. The number of nitrogens with two attached hydrogens (primary N) is 1. The van der Waals surface area contributed by atoms with Gasteiger partial charge in [-0.2, -0.15) is 0 Å². The Labute approximate surface area is 111 Å². The predicted octanol–water partition coefficient (Wildman–Crippen LogP) is 2.89. The van der Waals surface area contributed by atoms with Crippen molar-refractivity contribution in [1.29, 1.82) is 0 Å². The molecule has 2 aromatic rings. The lowest BCUT2D eigenvalue weighted by Crippen LogP contribution is -2.28. The minimum absolute atomic E-state index is 0.132. The first-order valence-corrected chi connectivity index (χ1v) is 6.47. The summed E-state index contributed by atoms with van der Waals surface area (Å²) in [6, 6.07) is 6.12. The van der Waals surface area contributed by atoms with Gasteiger partial charge in [0, 0.05) is 18.6 Å². The molecular weight excluding hydrogens is 247 g/mol. The number of furan rings is 1. The van der Waals surface area contributed by atoms with Crippen LogP contribution in [0.5, 0.6) is 0 Å². The number of fused-ring (bicyclic) bond motifs is 1. The van der Waals surface area contributed by atoms with Gasteiger partial charge in [0.05, 0.1) is 6.04 Å². The van der Waals surface area contributed by atoms with Gasteiger partial charge in [0.1, 0.15) is 17.2 Å². The summed E-state index contributed by atoms with van der Waals surface area (Å²) >= 11 is 0. The zero-order valence-corrected chi connectivity index (χ0v) is 11.0. The summed E-state index contributed by atoms with van der Waals surface area (Å²) in [6.45, 7) is 3.41. The molecule has 0 spiro atoms. The lowest BCUT2D eigenvalue weighted by molar-refractivity contribution is 0.122. The van der Waals surface area contributed by atoms with E-state index in [-0.39, 0.29) is 11.9 Å². The van der Waals surface area contributed by atoms with Crippen LogP contribution in [0.25, 0.3) is 11.0 Å². The molecule has 0 radical (unpaired) electrons. The van der Waals surface area contributed by atoms with Gasteiger partial charge in [-0.3, -0.25) is 5.84 Å². The van der Waals surface area contributed by atoms with E-state index in [9.17, 15) is 4.39 Å². The van der Waals surface area contributed by atoms with Crippen LogP contribution in [0.1, 0.15) is 31.6 Å². The van der Waals surface area contributed by atoms with E-state index in [2.05, 4.69) is 12.3 Å². The lowest BCUT2D eigenvalue weighted by Gasteiger charge is -2.12. The number of ether oxygens (including phenoxy) is 1. The number of benzene rings is 1. The molecule has 1 aromatic carbocycles. The number of hydrogen-bond acceptors (Lipinski definition) is 4. The van der Waals surface area contributed by atoms with Crippen LogP contribution in [-0.4, -0.2) is 13.2 Å². The van der Waals surface area contributed by atoms with Crippen molar-refractivity contribution in [1.82, 2.24) is 5.43 Å². The van der Waals surface area contributed by atoms with Crippen molar-refractivity contribution in [3.63, 3.8) is 0 Å². The number of rotatable bonds is 7. The third-order valence-corrected chi connectivity index (χ3v) is 2.94. The first-order chi connectivity index (χ1) is 9.24.